The number of para-hydroxylation sites is 1. The van der Waals surface area contributed by atoms with Gasteiger partial charge in [-0.1, -0.05) is 34.7 Å². The fourth-order valence-electron chi connectivity index (χ4n) is 3.53. The minimum Gasteiger partial charge on any atom is -0.744 e. The first-order chi connectivity index (χ1) is 20.5. The molecule has 16 nitrogen and oxygen atoms in total. The van der Waals surface area contributed by atoms with Crippen LogP contribution in [0.25, 0.3) is 10.8 Å². The van der Waals surface area contributed by atoms with Crippen molar-refractivity contribution in [2.24, 2.45) is 20.5 Å². The monoisotopic (exact) mass is 795 g/mol. The Balaban J connectivity index is 0. The number of hydrogen-bond acceptors (Lipinski definition) is 15. The Morgan fingerprint density at radius 1 is 0.833 bits per heavy atom. The van der Waals surface area contributed by atoms with Gasteiger partial charge < -0.3 is 31.6 Å². The van der Waals surface area contributed by atoms with E-state index in [0.29, 0.717) is 11.1 Å². The Morgan fingerprint density at radius 3 is 1.96 bits per heavy atom. The van der Waals surface area contributed by atoms with Crippen molar-refractivity contribution in [3.63, 3.8) is 0 Å². The van der Waals surface area contributed by atoms with Gasteiger partial charge in [0.2, 0.25) is 10.4 Å². The predicted molar refractivity (Wildman–Crippen MR) is 155 cm³/mol. The molecule has 0 atom stereocenters. The smallest absolute Gasteiger partial charge is 0.744 e. The fraction of sp³-hybridized carbons (Fsp3) is 0.0800. The molecule has 0 amide bonds. The fourth-order valence-corrected chi connectivity index (χ4v) is 5.05. The molecule has 4 aromatic rings. The van der Waals surface area contributed by atoms with E-state index in [4.69, 9.17) is 17.5 Å². The molecular weight excluding hydrogens is 775 g/mol. The number of aromatic hydroxyl groups is 2. The number of fused-ring (bicyclic) bond motifs is 1. The van der Waals surface area contributed by atoms with Crippen LogP contribution in [0.4, 0.5) is 28.4 Å². The first-order valence-electron chi connectivity index (χ1n) is 11.8. The SMILES string of the molecule is O=S(=O)([O-])O.[CH2-]CS(=O)(=O)c1ccc(N=Nc2c(NC)ccc3c(O)c(N=Nc4ccccc4O)[c-]cc23)c(S(=O)(=O)[O-])c1.[Cu].[Na+].[Na+].[Na+]. The van der Waals surface area contributed by atoms with Crippen LogP contribution in [0.1, 0.15) is 0 Å². The molecule has 4 N–H and O–H groups in total. The second kappa shape index (κ2) is 20.7. The van der Waals surface area contributed by atoms with Gasteiger partial charge >= 0.3 is 88.7 Å². The Bertz CT molecular complexity index is 2110. The number of phenols is 2. The molecule has 4 rings (SSSR count). The van der Waals surface area contributed by atoms with Gasteiger partial charge in [0.1, 0.15) is 27.2 Å². The van der Waals surface area contributed by atoms with Gasteiger partial charge in [0, 0.05) is 41.2 Å². The number of azo groups is 2. The number of rotatable bonds is 8. The van der Waals surface area contributed by atoms with Crippen molar-refractivity contribution in [2.45, 2.75) is 9.79 Å². The predicted octanol–water partition coefficient (Wildman–Crippen LogP) is -4.55. The first kappa shape index (κ1) is 49.1. The second-order valence-corrected chi connectivity index (χ2v) is 12.7. The van der Waals surface area contributed by atoms with Crippen LogP contribution in [-0.4, -0.2) is 61.9 Å². The Hall–Kier alpha value is -1.01. The maximum absolute atomic E-state index is 12.1. The van der Waals surface area contributed by atoms with Crippen molar-refractivity contribution in [3.05, 3.63) is 73.7 Å². The van der Waals surface area contributed by atoms with E-state index in [1.807, 2.05) is 0 Å². The van der Waals surface area contributed by atoms with Crippen molar-refractivity contribution in [2.75, 3.05) is 18.1 Å². The third-order valence-electron chi connectivity index (χ3n) is 5.54. The summed E-state index contributed by atoms with van der Waals surface area (Å²) in [6, 6.07) is 16.5. The van der Waals surface area contributed by atoms with Crippen molar-refractivity contribution in [1.29, 1.82) is 0 Å². The third-order valence-corrected chi connectivity index (χ3v) is 7.92. The average Bonchev–Trinajstić information content (AvgIpc) is 2.94. The number of nitrogens with zero attached hydrogens (tertiary/aromatic N) is 4. The van der Waals surface area contributed by atoms with E-state index in [2.05, 4.69) is 38.8 Å². The number of hydrogen-bond donors (Lipinski definition) is 4. The Kier molecular flexibility index (Phi) is 21.2. The van der Waals surface area contributed by atoms with Crippen LogP contribution < -0.4 is 94.0 Å². The molecular formula is C25H21CuN5Na3O11S3-. The van der Waals surface area contributed by atoms with Crippen molar-refractivity contribution >= 4 is 69.6 Å². The normalized spacial score (nSPS) is 11.4. The van der Waals surface area contributed by atoms with Gasteiger partial charge in [0.25, 0.3) is 0 Å². The standard InChI is InChI=1S/C25H21N5O7S2.Cu.3Na.H2O4S/c1-3-38(33,34)15-8-11-19(23(14-15)39(35,36)37)28-30-24-16-9-13-21(25(32)17(16)10-12-20(24)26-2)29-27-18-6-4-5-7-22(18)31;;;;;1-5(2,3)4/h4-12,14,26,31-32H,1,3H2,2H3,(H,35,36,37);;;;;(H2,1,2,3,4)/q-2;;3*+1;/p-2. The van der Waals surface area contributed by atoms with E-state index in [1.165, 1.54) is 18.2 Å². The van der Waals surface area contributed by atoms with E-state index in [0.717, 1.165) is 18.2 Å². The molecule has 23 heteroatoms. The zero-order chi connectivity index (χ0) is 32.9. The molecule has 0 saturated carbocycles. The Labute approximate surface area is 353 Å². The quantitative estimate of drug-likeness (QED) is 0.0432. The van der Waals surface area contributed by atoms with E-state index in [1.54, 1.807) is 31.3 Å². The minimum absolute atomic E-state index is 0. The van der Waals surface area contributed by atoms with Crippen LogP contribution in [0.15, 0.2) is 90.9 Å². The Morgan fingerprint density at radius 2 is 1.42 bits per heavy atom. The van der Waals surface area contributed by atoms with Crippen LogP contribution in [0.3, 0.4) is 0 Å². The molecule has 0 aliphatic heterocycles. The van der Waals surface area contributed by atoms with Crippen LogP contribution in [0, 0.1) is 13.0 Å². The maximum atomic E-state index is 12.1. The van der Waals surface area contributed by atoms with Crippen molar-refractivity contribution < 1.29 is 155 Å². The van der Waals surface area contributed by atoms with Gasteiger partial charge in [0.05, 0.1) is 15.5 Å². The molecule has 1 radical (unpaired) electrons. The van der Waals surface area contributed by atoms with Gasteiger partial charge in [-0.2, -0.15) is 27.5 Å². The minimum atomic E-state index is -5.12. The molecule has 0 heterocycles. The molecule has 0 aliphatic carbocycles. The van der Waals surface area contributed by atoms with E-state index in [9.17, 15) is 31.6 Å². The van der Waals surface area contributed by atoms with Gasteiger partial charge in [-0.3, -0.25) is 4.55 Å². The summed E-state index contributed by atoms with van der Waals surface area (Å²) in [6.45, 7) is 3.30. The maximum Gasteiger partial charge on any atom is 1.00 e. The van der Waals surface area contributed by atoms with E-state index < -0.39 is 45.9 Å². The van der Waals surface area contributed by atoms with Crippen LogP contribution in [0.2, 0.25) is 0 Å². The van der Waals surface area contributed by atoms with Gasteiger partial charge in [-0.15, -0.1) is 5.11 Å². The number of nitrogens with one attached hydrogen (secondary N) is 1. The van der Waals surface area contributed by atoms with E-state index >= 15 is 0 Å². The number of phenolic OH excluding ortho intramolecular Hbond substituents is 2. The molecule has 0 aliphatic rings. The first-order valence-corrected chi connectivity index (χ1v) is 16.2. The molecule has 48 heavy (non-hydrogen) atoms. The molecule has 4 aromatic carbocycles. The summed E-state index contributed by atoms with van der Waals surface area (Å²) in [7, 11) is -12.3. The molecule has 0 saturated heterocycles. The summed E-state index contributed by atoms with van der Waals surface area (Å²) in [5.74, 6) is -0.933. The van der Waals surface area contributed by atoms with E-state index in [-0.39, 0.29) is 145 Å². The molecule has 0 bridgehead atoms. The zero-order valence-corrected chi connectivity index (χ0v) is 35.0. The number of benzene rings is 4. The summed E-state index contributed by atoms with van der Waals surface area (Å²) in [5.41, 5.74) is 0.379. The molecule has 0 spiro atoms. The van der Waals surface area contributed by atoms with Crippen molar-refractivity contribution in [3.8, 4) is 11.5 Å². The topological polar surface area (TPSA) is 271 Å². The van der Waals surface area contributed by atoms with Crippen LogP contribution in [0.5, 0.6) is 11.5 Å². The van der Waals surface area contributed by atoms with Gasteiger partial charge in [0.15, 0.2) is 9.84 Å². The summed E-state index contributed by atoms with van der Waals surface area (Å²) in [6.07, 6.45) is 0. The largest absolute Gasteiger partial charge is 1.00 e. The summed E-state index contributed by atoms with van der Waals surface area (Å²) in [5, 5.41) is 40.2. The number of sulfone groups is 1. The van der Waals surface area contributed by atoms with Gasteiger partial charge in [-0.25, -0.2) is 25.3 Å². The van der Waals surface area contributed by atoms with Crippen LogP contribution in [-0.2, 0) is 47.4 Å². The third kappa shape index (κ3) is 13.6. The molecule has 245 valence electrons. The molecule has 0 fully saturated rings. The molecule has 0 aromatic heterocycles. The zero-order valence-electron chi connectivity index (χ0n) is 25.6. The summed E-state index contributed by atoms with van der Waals surface area (Å²) >= 11 is 0. The van der Waals surface area contributed by atoms with Crippen molar-refractivity contribution in [1.82, 2.24) is 0 Å². The van der Waals surface area contributed by atoms with Gasteiger partial charge in [-0.05, 0) is 36.4 Å². The number of anilines is 1. The second-order valence-electron chi connectivity index (χ2n) is 8.38. The van der Waals surface area contributed by atoms with Crippen LogP contribution >= 0.6 is 0 Å². The average molecular weight is 796 g/mol. The summed E-state index contributed by atoms with van der Waals surface area (Å²) < 4.78 is 92.7. The molecule has 0 unspecified atom stereocenters. The summed E-state index contributed by atoms with van der Waals surface area (Å²) in [4.78, 5) is -1.26.